The molecule has 2 aromatic carbocycles. The second kappa shape index (κ2) is 6.14. The van der Waals surface area contributed by atoms with E-state index in [9.17, 15) is 0 Å². The van der Waals surface area contributed by atoms with Crippen molar-refractivity contribution in [2.24, 2.45) is 0 Å². The van der Waals surface area contributed by atoms with E-state index in [2.05, 4.69) is 105 Å². The quantitative estimate of drug-likeness (QED) is 0.430. The first-order chi connectivity index (χ1) is 12.5. The van der Waals surface area contributed by atoms with Gasteiger partial charge in [-0.15, -0.1) is 0 Å². The number of fused-ring (bicyclic) bond motifs is 1. The fourth-order valence-electron chi connectivity index (χ4n) is 4.20. The summed E-state index contributed by atoms with van der Waals surface area (Å²) in [5, 5.41) is 0. The van der Waals surface area contributed by atoms with Crippen LogP contribution in [0, 0.1) is 34.6 Å². The number of aryl methyl sites for hydroxylation is 5. The van der Waals surface area contributed by atoms with E-state index in [0.717, 1.165) is 0 Å². The van der Waals surface area contributed by atoms with Gasteiger partial charge in [-0.25, -0.2) is 4.57 Å². The molecule has 0 aliphatic heterocycles. The second-order valence-electron chi connectivity index (χ2n) is 7.37. The third-order valence-corrected chi connectivity index (χ3v) is 5.20. The normalized spacial score (nSPS) is 11.3. The van der Waals surface area contributed by atoms with Crippen molar-refractivity contribution in [2.75, 3.05) is 0 Å². The van der Waals surface area contributed by atoms with E-state index in [-0.39, 0.29) is 0 Å². The molecule has 4 rings (SSSR count). The molecule has 0 bridgehead atoms. The first-order valence-corrected chi connectivity index (χ1v) is 9.13. The summed E-state index contributed by atoms with van der Waals surface area (Å²) in [5.41, 5.74) is 11.5. The molecule has 26 heavy (non-hydrogen) atoms. The van der Waals surface area contributed by atoms with Gasteiger partial charge < -0.3 is 0 Å². The molecule has 0 saturated heterocycles. The number of rotatable bonds is 2. The number of nitrogens with zero attached hydrogens (tertiary/aromatic N) is 2. The number of benzene rings is 2. The molecule has 0 fully saturated rings. The van der Waals surface area contributed by atoms with Crippen LogP contribution in [0.4, 0.5) is 0 Å². The molecule has 0 unspecified atom stereocenters. The molecule has 2 aromatic heterocycles. The van der Waals surface area contributed by atoms with Crippen LogP contribution in [0.15, 0.2) is 61.1 Å². The molecule has 2 heterocycles. The van der Waals surface area contributed by atoms with E-state index in [0.29, 0.717) is 0 Å². The fourth-order valence-corrected chi connectivity index (χ4v) is 4.20. The van der Waals surface area contributed by atoms with Gasteiger partial charge in [0.15, 0.2) is 5.52 Å². The number of imidazole rings is 1. The first kappa shape index (κ1) is 16.6. The fraction of sp³-hybridized carbons (Fsp3) is 0.208. The molecule has 2 nitrogen and oxygen atoms in total. The average Bonchev–Trinajstić information content (AvgIpc) is 2.98. The van der Waals surface area contributed by atoms with Crippen LogP contribution in [0.1, 0.15) is 27.8 Å². The minimum Gasteiger partial charge on any atom is -0.201 e. The van der Waals surface area contributed by atoms with E-state index in [1.165, 1.54) is 50.3 Å². The van der Waals surface area contributed by atoms with E-state index < -0.39 is 0 Å². The van der Waals surface area contributed by atoms with Gasteiger partial charge in [0.05, 0.1) is 0 Å². The Hall–Kier alpha value is -2.87. The van der Waals surface area contributed by atoms with Crippen LogP contribution >= 0.6 is 0 Å². The van der Waals surface area contributed by atoms with Crippen molar-refractivity contribution in [3.05, 3.63) is 88.9 Å². The van der Waals surface area contributed by atoms with E-state index >= 15 is 0 Å². The molecule has 2 heteroatoms. The Labute approximate surface area is 155 Å². The van der Waals surface area contributed by atoms with Crippen LogP contribution < -0.4 is 4.57 Å². The van der Waals surface area contributed by atoms with E-state index in [4.69, 9.17) is 0 Å². The molecule has 0 radical (unpaired) electrons. The Morgan fingerprint density at radius 2 is 1.35 bits per heavy atom. The van der Waals surface area contributed by atoms with Gasteiger partial charge in [0.2, 0.25) is 0 Å². The summed E-state index contributed by atoms with van der Waals surface area (Å²) >= 11 is 0. The zero-order valence-corrected chi connectivity index (χ0v) is 16.2. The lowest BCUT2D eigenvalue weighted by molar-refractivity contribution is -0.594. The number of hydrogen-bond acceptors (Lipinski definition) is 0. The minimum absolute atomic E-state index is 1.20. The van der Waals surface area contributed by atoms with E-state index in [1.807, 2.05) is 0 Å². The predicted octanol–water partition coefficient (Wildman–Crippen LogP) is 5.43. The van der Waals surface area contributed by atoms with E-state index in [1.54, 1.807) is 0 Å². The smallest absolute Gasteiger partial charge is 0.201 e. The van der Waals surface area contributed by atoms with Crippen molar-refractivity contribution in [3.8, 4) is 16.9 Å². The highest BCUT2D eigenvalue weighted by Gasteiger charge is 2.18. The molecule has 4 aromatic rings. The topological polar surface area (TPSA) is 8.29 Å². The molecule has 130 valence electrons. The Bertz CT molecular complexity index is 1090. The summed E-state index contributed by atoms with van der Waals surface area (Å²) < 4.78 is 4.56. The molecule has 0 aliphatic rings. The summed E-state index contributed by atoms with van der Waals surface area (Å²) in [7, 11) is 0. The van der Waals surface area contributed by atoms with Gasteiger partial charge in [0.1, 0.15) is 17.6 Å². The monoisotopic (exact) mass is 341 g/mol. The van der Waals surface area contributed by atoms with Gasteiger partial charge >= 0.3 is 0 Å². The largest absolute Gasteiger partial charge is 0.254 e. The molecular formula is C24H25N2+. The molecule has 0 spiro atoms. The van der Waals surface area contributed by atoms with Crippen LogP contribution in [0.3, 0.4) is 0 Å². The molecule has 0 saturated carbocycles. The lowest BCUT2D eigenvalue weighted by Crippen LogP contribution is -2.29. The maximum Gasteiger partial charge on any atom is 0.254 e. The second-order valence-corrected chi connectivity index (χ2v) is 7.37. The minimum atomic E-state index is 1.20. The van der Waals surface area contributed by atoms with Gasteiger partial charge in [0.25, 0.3) is 6.33 Å². The van der Waals surface area contributed by atoms with Crippen LogP contribution in [0.2, 0.25) is 0 Å². The zero-order valence-electron chi connectivity index (χ0n) is 16.2. The standard InChI is InChI=1S/C24H25N2/c1-16-12-19(4)24(20(5)13-16)25-14-21-10-7-11-22(26(21)15-25)23-17(2)8-6-9-18(23)3/h6-15H,1-5H3/q+1. The van der Waals surface area contributed by atoms with Gasteiger partial charge in [-0.2, -0.15) is 4.40 Å². The molecule has 0 N–H and O–H groups in total. The third kappa shape index (κ3) is 2.62. The van der Waals surface area contributed by atoms with Crippen molar-refractivity contribution in [2.45, 2.75) is 34.6 Å². The predicted molar refractivity (Wildman–Crippen MR) is 108 cm³/mol. The van der Waals surface area contributed by atoms with Crippen LogP contribution in [-0.4, -0.2) is 4.40 Å². The highest BCUT2D eigenvalue weighted by molar-refractivity contribution is 5.70. The highest BCUT2D eigenvalue weighted by Crippen LogP contribution is 2.28. The van der Waals surface area contributed by atoms with Crippen LogP contribution in [0.25, 0.3) is 22.5 Å². The Balaban J connectivity index is 1.99. The van der Waals surface area contributed by atoms with Crippen molar-refractivity contribution in [3.63, 3.8) is 0 Å². The van der Waals surface area contributed by atoms with Crippen LogP contribution in [-0.2, 0) is 0 Å². The average molecular weight is 341 g/mol. The lowest BCUT2D eigenvalue weighted by Gasteiger charge is -2.08. The lowest BCUT2D eigenvalue weighted by atomic mass is 9.99. The summed E-state index contributed by atoms with van der Waals surface area (Å²) in [6.45, 7) is 10.9. The molecule has 0 amide bonds. The van der Waals surface area contributed by atoms with Crippen molar-refractivity contribution >= 4 is 5.52 Å². The number of aromatic nitrogens is 2. The SMILES string of the molecule is Cc1cc(C)c(-[n+]2cc3cccc(-c4c(C)cccc4C)n3c2)c(C)c1. The maximum atomic E-state index is 2.30. The van der Waals surface area contributed by atoms with Gasteiger partial charge in [0, 0.05) is 5.56 Å². The Morgan fingerprint density at radius 1 is 0.731 bits per heavy atom. The molecule has 0 atom stereocenters. The Kier molecular flexibility index (Phi) is 3.91. The molecule has 0 aliphatic carbocycles. The maximum absolute atomic E-state index is 2.30. The highest BCUT2D eigenvalue weighted by atomic mass is 15.1. The summed E-state index contributed by atoms with van der Waals surface area (Å²) in [4.78, 5) is 0. The summed E-state index contributed by atoms with van der Waals surface area (Å²) in [6.07, 6.45) is 4.43. The summed E-state index contributed by atoms with van der Waals surface area (Å²) in [5.74, 6) is 0. The van der Waals surface area contributed by atoms with Crippen molar-refractivity contribution < 1.29 is 4.57 Å². The summed E-state index contributed by atoms with van der Waals surface area (Å²) in [6, 6.07) is 17.5. The van der Waals surface area contributed by atoms with Gasteiger partial charge in [-0.05, 0) is 69.0 Å². The first-order valence-electron chi connectivity index (χ1n) is 9.13. The van der Waals surface area contributed by atoms with Gasteiger partial charge in [-0.1, -0.05) is 42.0 Å². The zero-order chi connectivity index (χ0) is 18.4. The Morgan fingerprint density at radius 3 is 2.00 bits per heavy atom. The van der Waals surface area contributed by atoms with Crippen molar-refractivity contribution in [1.29, 1.82) is 0 Å². The van der Waals surface area contributed by atoms with Crippen molar-refractivity contribution in [1.82, 2.24) is 4.40 Å². The molecular weight excluding hydrogens is 316 g/mol. The number of pyridine rings is 1. The van der Waals surface area contributed by atoms with Gasteiger partial charge in [-0.3, -0.25) is 0 Å². The van der Waals surface area contributed by atoms with Crippen LogP contribution in [0.5, 0.6) is 0 Å². The third-order valence-electron chi connectivity index (χ3n) is 5.20. The number of hydrogen-bond donors (Lipinski definition) is 0.